The van der Waals surface area contributed by atoms with Crippen LogP contribution in [0.15, 0.2) is 12.1 Å². The van der Waals surface area contributed by atoms with Crippen molar-refractivity contribution in [2.24, 2.45) is 0 Å². The van der Waals surface area contributed by atoms with E-state index in [0.29, 0.717) is 5.75 Å². The third-order valence-electron chi connectivity index (χ3n) is 2.02. The molecule has 0 fully saturated rings. The van der Waals surface area contributed by atoms with Gasteiger partial charge < -0.3 is 14.4 Å². The van der Waals surface area contributed by atoms with E-state index in [0.717, 1.165) is 5.82 Å². The summed E-state index contributed by atoms with van der Waals surface area (Å²) < 4.78 is 10.4. The molecule has 0 unspecified atom stereocenters. The first kappa shape index (κ1) is 15.6. The SMILES string of the molecule is CN(C)c1ccc(OCC(=O)OC(C)(C)C)c(Cl)n1. The van der Waals surface area contributed by atoms with Gasteiger partial charge in [0, 0.05) is 14.1 Å². The molecule has 1 rings (SSSR count). The molecule has 1 aromatic heterocycles. The molecule has 1 aromatic rings. The van der Waals surface area contributed by atoms with Crippen LogP contribution >= 0.6 is 11.6 Å². The van der Waals surface area contributed by atoms with Crippen molar-refractivity contribution in [1.29, 1.82) is 0 Å². The Morgan fingerprint density at radius 3 is 2.47 bits per heavy atom. The Hall–Kier alpha value is -1.49. The van der Waals surface area contributed by atoms with Crippen molar-refractivity contribution in [2.45, 2.75) is 26.4 Å². The summed E-state index contributed by atoms with van der Waals surface area (Å²) in [6.45, 7) is 5.20. The van der Waals surface area contributed by atoms with Gasteiger partial charge in [-0.1, -0.05) is 11.6 Å². The first-order chi connectivity index (χ1) is 8.69. The molecule has 19 heavy (non-hydrogen) atoms. The lowest BCUT2D eigenvalue weighted by Crippen LogP contribution is -2.27. The van der Waals surface area contributed by atoms with E-state index in [-0.39, 0.29) is 11.8 Å². The zero-order valence-electron chi connectivity index (χ0n) is 11.9. The fraction of sp³-hybridized carbons (Fsp3) is 0.538. The summed E-state index contributed by atoms with van der Waals surface area (Å²) in [6, 6.07) is 3.44. The van der Waals surface area contributed by atoms with E-state index in [4.69, 9.17) is 21.1 Å². The molecule has 0 atom stereocenters. The topological polar surface area (TPSA) is 51.7 Å². The van der Waals surface area contributed by atoms with E-state index in [1.807, 2.05) is 19.0 Å². The van der Waals surface area contributed by atoms with E-state index in [1.54, 1.807) is 32.9 Å². The van der Waals surface area contributed by atoms with E-state index in [9.17, 15) is 4.79 Å². The highest BCUT2D eigenvalue weighted by Gasteiger charge is 2.17. The molecule has 0 N–H and O–H groups in total. The summed E-state index contributed by atoms with van der Waals surface area (Å²) in [5, 5.41) is 0.217. The Morgan fingerprint density at radius 2 is 2.00 bits per heavy atom. The quantitative estimate of drug-likeness (QED) is 0.629. The van der Waals surface area contributed by atoms with Gasteiger partial charge in [-0.05, 0) is 32.9 Å². The van der Waals surface area contributed by atoms with Gasteiger partial charge >= 0.3 is 5.97 Å². The van der Waals surface area contributed by atoms with Gasteiger partial charge in [-0.25, -0.2) is 9.78 Å². The number of aromatic nitrogens is 1. The number of hydrogen-bond donors (Lipinski definition) is 0. The Balaban J connectivity index is 2.61. The number of hydrogen-bond acceptors (Lipinski definition) is 5. The average Bonchev–Trinajstić information content (AvgIpc) is 2.24. The predicted octanol–water partition coefficient (Wildman–Crippen LogP) is 2.52. The molecule has 106 valence electrons. The first-order valence-electron chi connectivity index (χ1n) is 5.87. The van der Waals surface area contributed by atoms with Crippen LogP contribution in [-0.4, -0.2) is 37.3 Å². The van der Waals surface area contributed by atoms with Crippen molar-refractivity contribution in [3.05, 3.63) is 17.3 Å². The van der Waals surface area contributed by atoms with Crippen LogP contribution in [0.1, 0.15) is 20.8 Å². The van der Waals surface area contributed by atoms with Crippen LogP contribution in [0.3, 0.4) is 0 Å². The molecule has 0 aliphatic carbocycles. The van der Waals surface area contributed by atoms with Crippen molar-refractivity contribution in [3.8, 4) is 5.75 Å². The maximum absolute atomic E-state index is 11.5. The average molecular weight is 287 g/mol. The molecule has 6 heteroatoms. The third-order valence-corrected chi connectivity index (χ3v) is 2.29. The molecule has 0 spiro atoms. The minimum absolute atomic E-state index is 0.194. The lowest BCUT2D eigenvalue weighted by molar-refractivity contribution is -0.157. The van der Waals surface area contributed by atoms with Crippen molar-refractivity contribution >= 4 is 23.4 Å². The van der Waals surface area contributed by atoms with Crippen LogP contribution in [0.2, 0.25) is 5.15 Å². The van der Waals surface area contributed by atoms with Crippen molar-refractivity contribution in [2.75, 3.05) is 25.6 Å². The van der Waals surface area contributed by atoms with Gasteiger partial charge in [-0.15, -0.1) is 0 Å². The highest BCUT2D eigenvalue weighted by molar-refractivity contribution is 6.30. The number of pyridine rings is 1. The molecule has 0 aromatic carbocycles. The zero-order chi connectivity index (χ0) is 14.6. The third kappa shape index (κ3) is 5.34. The normalized spacial score (nSPS) is 11.1. The molecule has 0 saturated carbocycles. The molecule has 0 aliphatic heterocycles. The predicted molar refractivity (Wildman–Crippen MR) is 74.9 cm³/mol. The van der Waals surface area contributed by atoms with Gasteiger partial charge in [0.1, 0.15) is 11.4 Å². The summed E-state index contributed by atoms with van der Waals surface area (Å²) in [5.74, 6) is 0.632. The Labute approximate surface area is 118 Å². The largest absolute Gasteiger partial charge is 0.479 e. The van der Waals surface area contributed by atoms with E-state index in [1.165, 1.54) is 0 Å². The second kappa shape index (κ2) is 6.10. The van der Waals surface area contributed by atoms with Crippen LogP contribution in [0.4, 0.5) is 5.82 Å². The van der Waals surface area contributed by atoms with E-state index in [2.05, 4.69) is 4.98 Å². The molecule has 1 heterocycles. The van der Waals surface area contributed by atoms with Gasteiger partial charge in [0.25, 0.3) is 0 Å². The summed E-state index contributed by atoms with van der Waals surface area (Å²) in [4.78, 5) is 17.5. The minimum Gasteiger partial charge on any atom is -0.479 e. The lowest BCUT2D eigenvalue weighted by atomic mass is 10.2. The summed E-state index contributed by atoms with van der Waals surface area (Å²) in [5.41, 5.74) is -0.530. The lowest BCUT2D eigenvalue weighted by Gasteiger charge is -2.19. The van der Waals surface area contributed by atoms with Crippen LogP contribution in [0.25, 0.3) is 0 Å². The van der Waals surface area contributed by atoms with Gasteiger partial charge in [0.2, 0.25) is 0 Å². The van der Waals surface area contributed by atoms with Crippen LogP contribution in [0, 0.1) is 0 Å². The molecule has 0 aliphatic rings. The van der Waals surface area contributed by atoms with Crippen LogP contribution in [-0.2, 0) is 9.53 Å². The molecule has 0 amide bonds. The number of halogens is 1. The minimum atomic E-state index is -0.530. The second-order valence-corrected chi connectivity index (χ2v) is 5.59. The Morgan fingerprint density at radius 1 is 1.37 bits per heavy atom. The molecule has 5 nitrogen and oxygen atoms in total. The van der Waals surface area contributed by atoms with Crippen molar-refractivity contribution in [3.63, 3.8) is 0 Å². The van der Waals surface area contributed by atoms with Crippen molar-refractivity contribution in [1.82, 2.24) is 4.98 Å². The summed E-state index contributed by atoms with van der Waals surface area (Å²) in [6.07, 6.45) is 0. The number of rotatable bonds is 4. The van der Waals surface area contributed by atoms with Gasteiger partial charge in [-0.3, -0.25) is 0 Å². The van der Waals surface area contributed by atoms with E-state index < -0.39 is 11.6 Å². The van der Waals surface area contributed by atoms with Gasteiger partial charge in [0.15, 0.2) is 17.5 Å². The summed E-state index contributed by atoms with van der Waals surface area (Å²) in [7, 11) is 3.72. The smallest absolute Gasteiger partial charge is 0.344 e. The van der Waals surface area contributed by atoms with Crippen LogP contribution < -0.4 is 9.64 Å². The second-order valence-electron chi connectivity index (χ2n) is 5.23. The van der Waals surface area contributed by atoms with Gasteiger partial charge in [0.05, 0.1) is 0 Å². The monoisotopic (exact) mass is 286 g/mol. The van der Waals surface area contributed by atoms with E-state index >= 15 is 0 Å². The number of esters is 1. The fourth-order valence-electron chi connectivity index (χ4n) is 1.28. The fourth-order valence-corrected chi connectivity index (χ4v) is 1.48. The zero-order valence-corrected chi connectivity index (χ0v) is 12.6. The maximum Gasteiger partial charge on any atom is 0.344 e. The summed E-state index contributed by atoms with van der Waals surface area (Å²) >= 11 is 5.98. The maximum atomic E-state index is 11.5. The van der Waals surface area contributed by atoms with Crippen LogP contribution in [0.5, 0.6) is 5.75 Å². The molecule has 0 bridgehead atoms. The molecular formula is C13H19ClN2O3. The van der Waals surface area contributed by atoms with Crippen molar-refractivity contribution < 1.29 is 14.3 Å². The Bertz CT molecular complexity index is 456. The molecular weight excluding hydrogens is 268 g/mol. The highest BCUT2D eigenvalue weighted by Crippen LogP contribution is 2.25. The Kier molecular flexibility index (Phi) is 5.00. The standard InChI is InChI=1S/C13H19ClN2O3/c1-13(2,3)19-11(17)8-18-9-6-7-10(16(4)5)15-12(9)14/h6-7H,8H2,1-5H3. The highest BCUT2D eigenvalue weighted by atomic mass is 35.5. The molecule has 0 radical (unpaired) electrons. The number of ether oxygens (including phenoxy) is 2. The number of carbonyl (C=O) groups is 1. The first-order valence-corrected chi connectivity index (χ1v) is 6.25. The number of anilines is 1. The number of nitrogens with zero attached hydrogens (tertiary/aromatic N) is 2. The van der Waals surface area contributed by atoms with Gasteiger partial charge in [-0.2, -0.15) is 0 Å². The number of carbonyl (C=O) groups excluding carboxylic acids is 1. The molecule has 0 saturated heterocycles.